The minimum atomic E-state index is -2.03. The number of carboxylic acids is 1. The summed E-state index contributed by atoms with van der Waals surface area (Å²) in [6.45, 7) is 16.8. The number of esters is 1. The van der Waals surface area contributed by atoms with Crippen molar-refractivity contribution < 1.29 is 72.5 Å². The molecule has 496 valence electrons. The van der Waals surface area contributed by atoms with E-state index in [1.54, 1.807) is 52.0 Å². The number of carboxylic acid groups (broad SMARTS) is 1. The number of likely N-dealkylation sites (tertiary alicyclic amines) is 1. The van der Waals surface area contributed by atoms with Gasteiger partial charge in [0.2, 0.25) is 10.9 Å². The number of aliphatic hydroxyl groups is 3. The van der Waals surface area contributed by atoms with Crippen molar-refractivity contribution in [2.45, 2.75) is 155 Å². The molecule has 7 heterocycles. The SMILES string of the molecule is CO[C@H]1/C=C/O[C@@]2(C)Oc3c(C)c(O)c4c(=O)c(c5oc6cc(N7CCC(N(C)C8([C@@H]9CCN(C%10=C(C)C%11C(C%12CC%12)C=C(C(=O)O)C(=O)N%11C=C%10F)C9)CC8)CC7)cc(=O)c6nc5c4c3=C2O)NC(=O)/C(C)=C\C=C\[C@H](C)[C@H](O)[C@@H](C)[C@@H](O)[C@@H](C)[C@H](OC(C)=O)[C@@H]1C. The van der Waals surface area contributed by atoms with Crippen molar-refractivity contribution in [2.24, 2.45) is 41.4 Å². The third-order valence-corrected chi connectivity index (χ3v) is 21.7. The number of hydrogen-bond acceptors (Lipinski definition) is 19. The number of ether oxygens (including phenoxy) is 4. The number of aromatic nitrogens is 1. The Bertz CT molecular complexity index is 4180. The molecule has 4 bridgehead atoms. The Morgan fingerprint density at radius 2 is 1.59 bits per heavy atom. The number of anilines is 2. The van der Waals surface area contributed by atoms with Crippen LogP contribution in [0.25, 0.3) is 38.7 Å². The molecule has 2 unspecified atom stereocenters. The van der Waals surface area contributed by atoms with E-state index < -0.39 is 118 Å². The van der Waals surface area contributed by atoms with Crippen LogP contribution in [0.1, 0.15) is 106 Å². The Balaban J connectivity index is 0.860. The second-order valence-corrected chi connectivity index (χ2v) is 27.4. The maximum Gasteiger partial charge on any atom is 0.341 e. The van der Waals surface area contributed by atoms with Gasteiger partial charge in [-0.3, -0.25) is 28.9 Å². The van der Waals surface area contributed by atoms with Crippen molar-refractivity contribution in [3.05, 3.63) is 114 Å². The average molecular weight is 1280 g/mol. The number of phenolic OH excluding ortho intramolecular Hbond substituents is 1. The van der Waals surface area contributed by atoms with Gasteiger partial charge in [0, 0.05) is 129 Å². The first-order valence-electron chi connectivity index (χ1n) is 32.3. The molecule has 2 saturated heterocycles. The van der Waals surface area contributed by atoms with Gasteiger partial charge in [0.05, 0.1) is 46.9 Å². The highest BCUT2D eigenvalue weighted by atomic mass is 19.1. The van der Waals surface area contributed by atoms with Crippen molar-refractivity contribution in [1.29, 1.82) is 0 Å². The maximum atomic E-state index is 16.4. The quantitative estimate of drug-likeness (QED) is 0.0406. The van der Waals surface area contributed by atoms with Crippen LogP contribution in [0.3, 0.4) is 0 Å². The Kier molecular flexibility index (Phi) is 17.0. The molecule has 8 aliphatic rings. The first-order chi connectivity index (χ1) is 44.1. The first kappa shape index (κ1) is 65.0. The number of piperidine rings is 1. The van der Waals surface area contributed by atoms with Crippen molar-refractivity contribution in [3.8, 4) is 11.5 Å². The summed E-state index contributed by atoms with van der Waals surface area (Å²) in [7, 11) is 3.61. The van der Waals surface area contributed by atoms with E-state index in [1.165, 1.54) is 70.4 Å². The van der Waals surface area contributed by atoms with Crippen molar-refractivity contribution >= 4 is 73.9 Å². The molecule has 12 rings (SSSR count). The number of nitrogens with one attached hydrogen (secondary N) is 1. The lowest BCUT2D eigenvalue weighted by atomic mass is 9.78. The van der Waals surface area contributed by atoms with Crippen LogP contribution in [0.5, 0.6) is 11.5 Å². The van der Waals surface area contributed by atoms with Gasteiger partial charge < -0.3 is 68.9 Å². The van der Waals surface area contributed by atoms with E-state index >= 15 is 9.18 Å². The lowest BCUT2D eigenvalue weighted by Gasteiger charge is -2.44. The smallest absolute Gasteiger partial charge is 0.341 e. The number of aliphatic carboxylic acids is 1. The van der Waals surface area contributed by atoms with Crippen LogP contribution < -0.4 is 31.0 Å². The molecule has 0 radical (unpaired) electrons. The number of hydrogen-bond donors (Lipinski definition) is 6. The number of rotatable bonds is 9. The number of carbonyl (C=O) groups is 4. The first-order valence-corrected chi connectivity index (χ1v) is 32.3. The number of benzene rings is 3. The zero-order valence-corrected chi connectivity index (χ0v) is 54.3. The third-order valence-electron chi connectivity index (χ3n) is 21.7. The predicted octanol–water partition coefficient (Wildman–Crippen LogP) is 7.66. The molecule has 1 aromatic heterocycles. The van der Waals surface area contributed by atoms with Crippen LogP contribution >= 0.6 is 0 Å². The van der Waals surface area contributed by atoms with Crippen LogP contribution in [-0.4, -0.2) is 157 Å². The monoisotopic (exact) mass is 1280 g/mol. The van der Waals surface area contributed by atoms with Crippen LogP contribution in [-0.2, 0) is 33.4 Å². The van der Waals surface area contributed by atoms with Gasteiger partial charge >= 0.3 is 17.7 Å². The number of allylic oxidation sites excluding steroid dienone is 3. The fourth-order valence-electron chi connectivity index (χ4n) is 15.9. The topological polar surface area (TPSA) is 292 Å². The van der Waals surface area contributed by atoms with Crippen molar-refractivity contribution in [3.63, 3.8) is 0 Å². The van der Waals surface area contributed by atoms with Crippen LogP contribution in [0.15, 0.2) is 97.2 Å². The summed E-state index contributed by atoms with van der Waals surface area (Å²) < 4.78 is 47.3. The van der Waals surface area contributed by atoms with E-state index in [0.717, 1.165) is 50.5 Å². The Labute approximate surface area is 536 Å². The molecule has 2 saturated carbocycles. The largest absolute Gasteiger partial charge is 0.507 e. The summed E-state index contributed by atoms with van der Waals surface area (Å²) in [6.07, 6.45) is 12.4. The number of aliphatic hydroxyl groups excluding tert-OH is 3. The molecular weight excluding hydrogens is 1200 g/mol. The molecule has 4 fully saturated rings. The van der Waals surface area contributed by atoms with Crippen LogP contribution in [0.2, 0.25) is 0 Å². The summed E-state index contributed by atoms with van der Waals surface area (Å²) in [5.74, 6) is -9.53. The number of carbonyl (C=O) groups excluding carboxylic acids is 3. The van der Waals surface area contributed by atoms with E-state index in [1.807, 2.05) is 6.92 Å². The molecule has 0 spiro atoms. The Morgan fingerprint density at radius 1 is 0.892 bits per heavy atom. The maximum absolute atomic E-state index is 16.4. The molecule has 2 amide bonds. The second kappa shape index (κ2) is 24.3. The van der Waals surface area contributed by atoms with E-state index in [-0.39, 0.29) is 90.0 Å². The number of aromatic hydroxyl groups is 1. The molecule has 23 heteroatoms. The number of fused-ring (bicyclic) bond motifs is 3. The highest BCUT2D eigenvalue weighted by molar-refractivity contribution is 6.18. The van der Waals surface area contributed by atoms with Gasteiger partial charge in [0.25, 0.3) is 11.8 Å². The normalized spacial score (nSPS) is 31.7. The van der Waals surface area contributed by atoms with Gasteiger partial charge in [-0.05, 0) is 96.2 Å². The standard InChI is InChI=1S/C70H83FN6O16/c1-32-13-12-14-33(2)66(85)73-55-61(83)51-50(52-63(38(7)60(51)82)93-69(9,65(52)84)90-26-20-48(89-11)34(3)62(91-39(8)78)37(6)59(81)36(5)58(32)80)54-64(55)92-49-28-43(27-47(79)53(49)72-54)75-24-18-42(19-25-75)74(10)70(21-22-70)41-17-23-76(30-41)57-35(4)56-44(40-15-16-40)29-45(68(87)88)67(86)77(56)31-46(57)71/h12-14,20,26-29,31-32,34,36-37,40-42,44,48,56,58-59,62,80-82,84H,15-19,21-25,30H2,1-11H3,(H,73,85)(H,87,88)/b13-12+,26-20+,33-14-/t32-,34+,36+,37+,41+,44?,48-,56?,58-,59+,62+,69-/m0/s1. The number of amides is 2. The van der Waals surface area contributed by atoms with Gasteiger partial charge in [0.1, 0.15) is 34.4 Å². The molecule has 22 nitrogen and oxygen atoms in total. The third kappa shape index (κ3) is 11.1. The molecule has 6 N–H and O–H groups in total. The number of halogens is 1. The average Bonchev–Trinajstić information content (AvgIpc) is 1.68. The van der Waals surface area contributed by atoms with E-state index in [4.69, 9.17) is 28.3 Å². The minimum absolute atomic E-state index is 0.0126. The number of nitrogens with zero attached hydrogens (tertiary/aromatic N) is 5. The van der Waals surface area contributed by atoms with Crippen LogP contribution in [0, 0.1) is 48.3 Å². The minimum Gasteiger partial charge on any atom is -0.507 e. The Morgan fingerprint density at radius 3 is 2.25 bits per heavy atom. The molecule has 12 atom stereocenters. The van der Waals surface area contributed by atoms with Crippen molar-refractivity contribution in [2.75, 3.05) is 50.6 Å². The van der Waals surface area contributed by atoms with Gasteiger partial charge in [-0.1, -0.05) is 52.0 Å². The molecular formula is C70H83FN6O16. The molecule has 2 aliphatic carbocycles. The highest BCUT2D eigenvalue weighted by Gasteiger charge is 2.57. The van der Waals surface area contributed by atoms with Gasteiger partial charge in [-0.15, -0.1) is 0 Å². The highest BCUT2D eigenvalue weighted by Crippen LogP contribution is 2.54. The fourth-order valence-corrected chi connectivity index (χ4v) is 15.9. The zero-order valence-electron chi connectivity index (χ0n) is 54.3. The van der Waals surface area contributed by atoms with E-state index in [2.05, 4.69) is 27.1 Å². The van der Waals surface area contributed by atoms with Gasteiger partial charge in [0.15, 0.2) is 28.3 Å². The van der Waals surface area contributed by atoms with Gasteiger partial charge in [-0.25, -0.2) is 14.2 Å². The molecule has 93 heavy (non-hydrogen) atoms. The zero-order chi connectivity index (χ0) is 66.8. The summed E-state index contributed by atoms with van der Waals surface area (Å²) in [4.78, 5) is 95.1. The van der Waals surface area contributed by atoms with Crippen LogP contribution in [0.4, 0.5) is 15.8 Å². The predicted molar refractivity (Wildman–Crippen MR) is 344 cm³/mol. The fraction of sp³-hybridized carbons (Fsp3) is 0.529. The summed E-state index contributed by atoms with van der Waals surface area (Å²) in [6, 6.07) is 2.88. The summed E-state index contributed by atoms with van der Waals surface area (Å²) >= 11 is 0. The van der Waals surface area contributed by atoms with Crippen molar-refractivity contribution in [1.82, 2.24) is 19.7 Å². The summed E-state index contributed by atoms with van der Waals surface area (Å²) in [5.41, 5.74) is -0.943. The number of methoxy groups -OCH3 is 1. The second-order valence-electron chi connectivity index (χ2n) is 27.4. The molecule has 6 aliphatic heterocycles. The van der Waals surface area contributed by atoms with E-state index in [0.29, 0.717) is 37.6 Å². The summed E-state index contributed by atoms with van der Waals surface area (Å²) in [5, 5.41) is 59.7. The number of phenols is 1. The lowest BCUT2D eigenvalue weighted by Crippen LogP contribution is -2.52. The van der Waals surface area contributed by atoms with E-state index in [9.17, 15) is 49.5 Å². The van der Waals surface area contributed by atoms with Gasteiger partial charge in [-0.2, -0.15) is 0 Å². The Hall–Kier alpha value is -8.12. The lowest BCUT2D eigenvalue weighted by molar-refractivity contribution is -0.160. The molecule has 4 aromatic rings. The molecule has 3 aromatic carbocycles.